The Morgan fingerprint density at radius 1 is 0.886 bits per heavy atom. The second kappa shape index (κ2) is 11.0. The quantitative estimate of drug-likeness (QED) is 0.121. The van der Waals surface area contributed by atoms with Crippen LogP contribution in [0.4, 0.5) is 27.2 Å². The molecular formula is C24H20BrN7O2S. The molecule has 3 N–H and O–H groups in total. The van der Waals surface area contributed by atoms with Crippen molar-refractivity contribution in [2.75, 3.05) is 5.43 Å². The summed E-state index contributed by atoms with van der Waals surface area (Å²) < 4.78 is 0.985. The molecule has 176 valence electrons. The van der Waals surface area contributed by atoms with Gasteiger partial charge in [0.2, 0.25) is 5.13 Å². The number of aromatic nitrogens is 1. The normalized spacial score (nSPS) is 12.0. The van der Waals surface area contributed by atoms with Gasteiger partial charge in [-0.25, -0.2) is 4.98 Å². The summed E-state index contributed by atoms with van der Waals surface area (Å²) in [4.78, 5) is 4.46. The van der Waals surface area contributed by atoms with Crippen LogP contribution in [0.2, 0.25) is 0 Å². The minimum Gasteiger partial charge on any atom is -0.508 e. The van der Waals surface area contributed by atoms with Crippen molar-refractivity contribution < 1.29 is 10.2 Å². The standard InChI is InChI=1S/C24H20BrN7O2S/c1-14(16-3-7-18(8-4-16)28-30-21-12-11-20(33)13-22(21)34)27-32-24-26-15(2)23(35-24)31-29-19-9-5-17(25)6-10-19/h3-13,33-34H,1-2H3,(H,26,32). The van der Waals surface area contributed by atoms with Crippen molar-refractivity contribution in [3.63, 3.8) is 0 Å². The van der Waals surface area contributed by atoms with Gasteiger partial charge in [-0.2, -0.15) is 10.2 Å². The minimum atomic E-state index is -0.144. The van der Waals surface area contributed by atoms with Crippen LogP contribution in [0, 0.1) is 6.92 Å². The molecule has 11 heteroatoms. The van der Waals surface area contributed by atoms with Crippen LogP contribution < -0.4 is 5.43 Å². The molecule has 0 aliphatic rings. The predicted molar refractivity (Wildman–Crippen MR) is 141 cm³/mol. The number of phenolic OH excluding ortho intramolecular Hbond substituents is 2. The highest BCUT2D eigenvalue weighted by molar-refractivity contribution is 9.10. The van der Waals surface area contributed by atoms with Crippen LogP contribution in [-0.2, 0) is 0 Å². The highest BCUT2D eigenvalue weighted by Crippen LogP contribution is 2.33. The van der Waals surface area contributed by atoms with E-state index in [1.165, 1.54) is 29.5 Å². The number of azo groups is 2. The van der Waals surface area contributed by atoms with Gasteiger partial charge < -0.3 is 10.2 Å². The molecule has 0 spiro atoms. The smallest absolute Gasteiger partial charge is 0.205 e. The summed E-state index contributed by atoms with van der Waals surface area (Å²) in [6.45, 7) is 3.76. The number of thiazole rings is 1. The second-order valence-corrected chi connectivity index (χ2v) is 9.21. The lowest BCUT2D eigenvalue weighted by Gasteiger charge is -2.02. The third-order valence-corrected chi connectivity index (χ3v) is 6.17. The van der Waals surface area contributed by atoms with Gasteiger partial charge in [0.25, 0.3) is 0 Å². The number of rotatable bonds is 7. The molecule has 0 aliphatic heterocycles. The topological polar surface area (TPSA) is 127 Å². The lowest BCUT2D eigenvalue weighted by Crippen LogP contribution is -1.99. The first kappa shape index (κ1) is 24.2. The van der Waals surface area contributed by atoms with Crippen molar-refractivity contribution in [3.05, 3.63) is 82.5 Å². The maximum absolute atomic E-state index is 9.80. The van der Waals surface area contributed by atoms with Crippen molar-refractivity contribution in [2.45, 2.75) is 13.8 Å². The van der Waals surface area contributed by atoms with Crippen LogP contribution in [0.25, 0.3) is 0 Å². The number of nitrogens with zero attached hydrogens (tertiary/aromatic N) is 6. The maximum Gasteiger partial charge on any atom is 0.205 e. The first-order chi connectivity index (χ1) is 16.9. The van der Waals surface area contributed by atoms with E-state index >= 15 is 0 Å². The number of hydrogen-bond acceptors (Lipinski definition) is 10. The number of hydrogen-bond donors (Lipinski definition) is 3. The Balaban J connectivity index is 1.39. The SMILES string of the molecule is CC(=NNc1nc(C)c(N=Nc2ccc(Br)cc2)s1)c1ccc(N=Nc2ccc(O)cc2O)cc1. The Bertz CT molecular complexity index is 1420. The number of benzene rings is 3. The first-order valence-corrected chi connectivity index (χ1v) is 12.0. The first-order valence-electron chi connectivity index (χ1n) is 10.4. The number of aryl methyl sites for hydroxylation is 1. The summed E-state index contributed by atoms with van der Waals surface area (Å²) >= 11 is 4.77. The van der Waals surface area contributed by atoms with Gasteiger partial charge in [0.1, 0.15) is 17.2 Å². The van der Waals surface area contributed by atoms with Gasteiger partial charge in [-0.3, -0.25) is 5.43 Å². The van der Waals surface area contributed by atoms with E-state index in [2.05, 4.69) is 51.9 Å². The van der Waals surface area contributed by atoms with Gasteiger partial charge in [0.15, 0.2) is 5.00 Å². The Morgan fingerprint density at radius 3 is 2.23 bits per heavy atom. The fourth-order valence-electron chi connectivity index (χ4n) is 2.81. The molecular weight excluding hydrogens is 530 g/mol. The summed E-state index contributed by atoms with van der Waals surface area (Å²) in [7, 11) is 0. The molecule has 0 bridgehead atoms. The average molecular weight is 550 g/mol. The van der Waals surface area contributed by atoms with E-state index in [-0.39, 0.29) is 17.2 Å². The predicted octanol–water partition coefficient (Wildman–Crippen LogP) is 8.29. The molecule has 35 heavy (non-hydrogen) atoms. The van der Waals surface area contributed by atoms with Crippen LogP contribution in [0.15, 0.2) is 96.8 Å². The number of halogens is 1. The number of nitrogens with one attached hydrogen (secondary N) is 1. The van der Waals surface area contributed by atoms with E-state index in [1.807, 2.05) is 50.2 Å². The number of phenols is 2. The van der Waals surface area contributed by atoms with E-state index in [0.29, 0.717) is 15.8 Å². The fraction of sp³-hybridized carbons (Fsp3) is 0.0833. The lowest BCUT2D eigenvalue weighted by atomic mass is 10.1. The molecule has 0 atom stereocenters. The van der Waals surface area contributed by atoms with Crippen molar-refractivity contribution in [2.24, 2.45) is 25.6 Å². The van der Waals surface area contributed by atoms with E-state index in [0.717, 1.165) is 27.1 Å². The Kier molecular flexibility index (Phi) is 7.58. The molecule has 1 heterocycles. The van der Waals surface area contributed by atoms with Crippen molar-refractivity contribution in [1.82, 2.24) is 4.98 Å². The van der Waals surface area contributed by atoms with Gasteiger partial charge in [0.05, 0.1) is 22.8 Å². The van der Waals surface area contributed by atoms with E-state index in [9.17, 15) is 10.2 Å². The average Bonchev–Trinajstić information content (AvgIpc) is 3.21. The number of aromatic hydroxyl groups is 2. The van der Waals surface area contributed by atoms with E-state index < -0.39 is 0 Å². The molecule has 0 unspecified atom stereocenters. The molecule has 0 aliphatic carbocycles. The fourth-order valence-corrected chi connectivity index (χ4v) is 3.81. The zero-order chi connectivity index (χ0) is 24.8. The van der Waals surface area contributed by atoms with Crippen LogP contribution in [0.5, 0.6) is 11.5 Å². The molecule has 3 aromatic carbocycles. The summed E-state index contributed by atoms with van der Waals surface area (Å²) in [6.07, 6.45) is 0. The Morgan fingerprint density at radius 2 is 1.54 bits per heavy atom. The zero-order valence-corrected chi connectivity index (χ0v) is 21.1. The van der Waals surface area contributed by atoms with E-state index in [4.69, 9.17) is 0 Å². The Hall–Kier alpha value is -3.96. The molecule has 0 radical (unpaired) electrons. The summed E-state index contributed by atoms with van der Waals surface area (Å²) in [5, 5.41) is 41.6. The van der Waals surface area contributed by atoms with Gasteiger partial charge in [-0.05, 0) is 67.9 Å². The van der Waals surface area contributed by atoms with Crippen LogP contribution in [-0.4, -0.2) is 20.9 Å². The molecule has 0 amide bonds. The zero-order valence-electron chi connectivity index (χ0n) is 18.7. The largest absolute Gasteiger partial charge is 0.508 e. The van der Waals surface area contributed by atoms with Crippen LogP contribution in [0.1, 0.15) is 18.2 Å². The van der Waals surface area contributed by atoms with Crippen molar-refractivity contribution >= 4 is 60.2 Å². The molecule has 0 fully saturated rings. The van der Waals surface area contributed by atoms with E-state index in [1.54, 1.807) is 12.1 Å². The van der Waals surface area contributed by atoms with Crippen LogP contribution in [0.3, 0.4) is 0 Å². The molecule has 4 aromatic rings. The second-order valence-electron chi connectivity index (χ2n) is 7.31. The molecule has 0 saturated carbocycles. The number of hydrazone groups is 1. The monoisotopic (exact) mass is 549 g/mol. The van der Waals surface area contributed by atoms with Crippen molar-refractivity contribution in [1.29, 1.82) is 0 Å². The van der Waals surface area contributed by atoms with Crippen molar-refractivity contribution in [3.8, 4) is 11.5 Å². The van der Waals surface area contributed by atoms with Gasteiger partial charge in [-0.1, -0.05) is 39.4 Å². The third-order valence-electron chi connectivity index (χ3n) is 4.69. The van der Waals surface area contributed by atoms with Gasteiger partial charge in [0, 0.05) is 10.5 Å². The highest BCUT2D eigenvalue weighted by Gasteiger charge is 2.07. The summed E-state index contributed by atoms with van der Waals surface area (Å²) in [6, 6.07) is 19.0. The summed E-state index contributed by atoms with van der Waals surface area (Å²) in [5.41, 5.74) is 7.03. The molecule has 4 rings (SSSR count). The lowest BCUT2D eigenvalue weighted by molar-refractivity contribution is 0.451. The Labute approximate surface area is 213 Å². The molecule has 0 saturated heterocycles. The van der Waals surface area contributed by atoms with Crippen LogP contribution >= 0.6 is 27.3 Å². The number of anilines is 1. The summed E-state index contributed by atoms with van der Waals surface area (Å²) in [5.74, 6) is -0.182. The van der Waals surface area contributed by atoms with Gasteiger partial charge >= 0.3 is 0 Å². The molecule has 9 nitrogen and oxygen atoms in total. The maximum atomic E-state index is 9.80. The van der Waals surface area contributed by atoms with Gasteiger partial charge in [-0.15, -0.1) is 15.3 Å². The minimum absolute atomic E-state index is 0.0385. The molecule has 1 aromatic heterocycles. The highest BCUT2D eigenvalue weighted by atomic mass is 79.9. The third kappa shape index (κ3) is 6.55.